The molecule has 1 heterocycles. The van der Waals surface area contributed by atoms with E-state index in [9.17, 15) is 4.79 Å². The molecule has 0 spiro atoms. The molecule has 1 aromatic rings. The summed E-state index contributed by atoms with van der Waals surface area (Å²) in [5.41, 5.74) is 0. The van der Waals surface area contributed by atoms with Crippen molar-refractivity contribution in [3.05, 3.63) is 15.8 Å². The molecular formula is C9H13NO2S. The summed E-state index contributed by atoms with van der Waals surface area (Å²) in [6, 6.07) is 1.88. The van der Waals surface area contributed by atoms with Gasteiger partial charge in [-0.25, -0.2) is 0 Å². The maximum Gasteiger partial charge on any atom is 0.190 e. The van der Waals surface area contributed by atoms with E-state index in [1.165, 1.54) is 11.3 Å². The van der Waals surface area contributed by atoms with Crippen molar-refractivity contribution in [2.24, 2.45) is 0 Å². The molecule has 0 aromatic carbocycles. The highest BCUT2D eigenvalue weighted by molar-refractivity contribution is 7.14. The summed E-state index contributed by atoms with van der Waals surface area (Å²) < 4.78 is 5.10. The number of thiophene rings is 1. The van der Waals surface area contributed by atoms with Gasteiger partial charge in [-0.3, -0.25) is 4.79 Å². The van der Waals surface area contributed by atoms with Crippen LogP contribution >= 0.6 is 11.3 Å². The van der Waals surface area contributed by atoms with E-state index in [1.54, 1.807) is 14.2 Å². The number of Topliss-reactive ketones (excluding diaryl/α,β-unsaturated/α-hetero) is 1. The highest BCUT2D eigenvalue weighted by Gasteiger charge is 2.14. The van der Waals surface area contributed by atoms with E-state index in [-0.39, 0.29) is 5.78 Å². The number of ketones is 1. The van der Waals surface area contributed by atoms with E-state index in [0.29, 0.717) is 17.2 Å². The Morgan fingerprint density at radius 2 is 2.38 bits per heavy atom. The molecule has 1 N–H and O–H groups in total. The van der Waals surface area contributed by atoms with Crippen LogP contribution in [0.5, 0.6) is 5.75 Å². The molecule has 0 atom stereocenters. The molecular weight excluding hydrogens is 186 g/mol. The van der Waals surface area contributed by atoms with Crippen molar-refractivity contribution in [3.8, 4) is 5.75 Å². The van der Waals surface area contributed by atoms with Gasteiger partial charge in [-0.1, -0.05) is 0 Å². The van der Waals surface area contributed by atoms with Gasteiger partial charge in [0.25, 0.3) is 0 Å². The molecule has 72 valence electrons. The van der Waals surface area contributed by atoms with E-state index in [1.807, 2.05) is 13.0 Å². The Balaban J connectivity index is 2.91. The van der Waals surface area contributed by atoms with Gasteiger partial charge in [0.05, 0.1) is 13.7 Å². The Morgan fingerprint density at radius 1 is 1.69 bits per heavy atom. The normalized spacial score (nSPS) is 10.1. The number of nitrogens with one attached hydrogen (secondary N) is 1. The third kappa shape index (κ3) is 2.29. The smallest absolute Gasteiger partial charge is 0.190 e. The second-order valence-electron chi connectivity index (χ2n) is 2.71. The summed E-state index contributed by atoms with van der Waals surface area (Å²) >= 11 is 1.47. The number of hydrogen-bond acceptors (Lipinski definition) is 4. The van der Waals surface area contributed by atoms with Crippen LogP contribution in [0, 0.1) is 6.92 Å². The minimum absolute atomic E-state index is 0.0810. The van der Waals surface area contributed by atoms with Crippen LogP contribution in [0.4, 0.5) is 0 Å². The molecule has 1 aromatic heterocycles. The highest BCUT2D eigenvalue weighted by atomic mass is 32.1. The van der Waals surface area contributed by atoms with Gasteiger partial charge in [-0.2, -0.15) is 0 Å². The van der Waals surface area contributed by atoms with Gasteiger partial charge in [0, 0.05) is 4.88 Å². The quantitative estimate of drug-likeness (QED) is 0.746. The monoisotopic (exact) mass is 199 g/mol. The zero-order valence-corrected chi connectivity index (χ0v) is 8.83. The van der Waals surface area contributed by atoms with Crippen molar-refractivity contribution in [2.75, 3.05) is 20.7 Å². The molecule has 0 amide bonds. The number of methoxy groups -OCH3 is 1. The summed E-state index contributed by atoms with van der Waals surface area (Å²) in [6.07, 6.45) is 0. The molecule has 0 saturated heterocycles. The number of aryl methyl sites for hydroxylation is 1. The molecule has 1 rings (SSSR count). The average Bonchev–Trinajstić information content (AvgIpc) is 2.47. The van der Waals surface area contributed by atoms with Crippen molar-refractivity contribution >= 4 is 17.1 Å². The summed E-state index contributed by atoms with van der Waals surface area (Å²) in [5.74, 6) is 0.764. The van der Waals surface area contributed by atoms with E-state index in [2.05, 4.69) is 5.32 Å². The first-order chi connectivity index (χ1) is 6.19. The molecule has 0 aliphatic rings. The van der Waals surface area contributed by atoms with Crippen molar-refractivity contribution in [1.29, 1.82) is 0 Å². The zero-order valence-electron chi connectivity index (χ0n) is 8.01. The van der Waals surface area contributed by atoms with Crippen molar-refractivity contribution in [2.45, 2.75) is 6.92 Å². The number of carbonyl (C=O) groups excluding carboxylic acids is 1. The molecule has 0 fully saturated rings. The Bertz CT molecular complexity index is 307. The molecule has 4 heteroatoms. The fraction of sp³-hybridized carbons (Fsp3) is 0.444. The standard InChI is InChI=1S/C9H13NO2S/c1-6-4-8(12-3)9(13-6)7(11)5-10-2/h4,10H,5H2,1-3H3. The Kier molecular flexibility index (Phi) is 3.45. The average molecular weight is 199 g/mol. The molecule has 0 saturated carbocycles. The minimum atomic E-state index is 0.0810. The number of ether oxygens (including phenoxy) is 1. The lowest BCUT2D eigenvalue weighted by molar-refractivity contribution is 0.0995. The fourth-order valence-corrected chi connectivity index (χ4v) is 1.99. The van der Waals surface area contributed by atoms with Gasteiger partial charge in [0.15, 0.2) is 5.78 Å². The third-order valence-electron chi connectivity index (χ3n) is 1.63. The van der Waals surface area contributed by atoms with Crippen molar-refractivity contribution < 1.29 is 9.53 Å². The molecule has 0 bridgehead atoms. The first-order valence-corrected chi connectivity index (χ1v) is 4.83. The predicted octanol–water partition coefficient (Wildman–Crippen LogP) is 1.47. The van der Waals surface area contributed by atoms with Crippen LogP contribution in [-0.4, -0.2) is 26.5 Å². The molecule has 3 nitrogen and oxygen atoms in total. The van der Waals surface area contributed by atoms with Crippen LogP contribution in [0.15, 0.2) is 6.07 Å². The van der Waals surface area contributed by atoms with Gasteiger partial charge in [0.1, 0.15) is 10.6 Å². The van der Waals surface area contributed by atoms with E-state index < -0.39 is 0 Å². The number of rotatable bonds is 4. The summed E-state index contributed by atoms with van der Waals surface area (Å²) in [4.78, 5) is 13.3. The lowest BCUT2D eigenvalue weighted by atomic mass is 10.3. The minimum Gasteiger partial charge on any atom is -0.495 e. The highest BCUT2D eigenvalue weighted by Crippen LogP contribution is 2.28. The predicted molar refractivity (Wildman–Crippen MR) is 53.9 cm³/mol. The number of likely N-dealkylation sites (N-methyl/N-ethyl adjacent to an activating group) is 1. The Morgan fingerprint density at radius 3 is 2.92 bits per heavy atom. The van der Waals surface area contributed by atoms with Gasteiger partial charge in [0.2, 0.25) is 0 Å². The lowest BCUT2D eigenvalue weighted by Crippen LogP contribution is -2.17. The Hall–Kier alpha value is -0.870. The maximum absolute atomic E-state index is 11.5. The number of hydrogen-bond donors (Lipinski definition) is 1. The van der Waals surface area contributed by atoms with E-state index in [4.69, 9.17) is 4.74 Å². The SMILES string of the molecule is CNCC(=O)c1sc(C)cc1OC. The van der Waals surface area contributed by atoms with Crippen molar-refractivity contribution in [3.63, 3.8) is 0 Å². The first kappa shape index (κ1) is 10.2. The zero-order chi connectivity index (χ0) is 9.84. The number of carbonyl (C=O) groups is 1. The van der Waals surface area contributed by atoms with Crippen molar-refractivity contribution in [1.82, 2.24) is 5.32 Å². The molecule has 0 aliphatic carbocycles. The van der Waals surface area contributed by atoms with Crippen LogP contribution < -0.4 is 10.1 Å². The second kappa shape index (κ2) is 4.39. The summed E-state index contributed by atoms with van der Waals surface area (Å²) in [7, 11) is 3.34. The van der Waals surface area contributed by atoms with E-state index >= 15 is 0 Å². The maximum atomic E-state index is 11.5. The molecule has 13 heavy (non-hydrogen) atoms. The van der Waals surface area contributed by atoms with Gasteiger partial charge in [-0.05, 0) is 20.0 Å². The van der Waals surface area contributed by atoms with Gasteiger partial charge in [-0.15, -0.1) is 11.3 Å². The van der Waals surface area contributed by atoms with Crippen LogP contribution in [0.2, 0.25) is 0 Å². The second-order valence-corrected chi connectivity index (χ2v) is 3.96. The van der Waals surface area contributed by atoms with Crippen LogP contribution in [0.1, 0.15) is 14.5 Å². The van der Waals surface area contributed by atoms with E-state index in [0.717, 1.165) is 4.88 Å². The van der Waals surface area contributed by atoms with Gasteiger partial charge < -0.3 is 10.1 Å². The molecule has 0 radical (unpaired) electrons. The van der Waals surface area contributed by atoms with Crippen LogP contribution in [0.25, 0.3) is 0 Å². The molecule has 0 unspecified atom stereocenters. The Labute approximate surface area is 81.7 Å². The third-order valence-corrected chi connectivity index (χ3v) is 2.70. The lowest BCUT2D eigenvalue weighted by Gasteiger charge is -2.00. The topological polar surface area (TPSA) is 38.3 Å². The van der Waals surface area contributed by atoms with Gasteiger partial charge >= 0.3 is 0 Å². The largest absolute Gasteiger partial charge is 0.495 e. The van der Waals surface area contributed by atoms with Crippen LogP contribution in [-0.2, 0) is 0 Å². The van der Waals surface area contributed by atoms with Crippen LogP contribution in [0.3, 0.4) is 0 Å². The summed E-state index contributed by atoms with van der Waals surface area (Å²) in [6.45, 7) is 2.32. The summed E-state index contributed by atoms with van der Waals surface area (Å²) in [5, 5.41) is 2.83. The molecule has 0 aliphatic heterocycles. The first-order valence-electron chi connectivity index (χ1n) is 4.01. The fourth-order valence-electron chi connectivity index (χ4n) is 1.08.